The van der Waals surface area contributed by atoms with Crippen LogP contribution >= 0.6 is 0 Å². The number of rotatable bonds is 5. The molecule has 0 aromatic heterocycles. The van der Waals surface area contributed by atoms with E-state index in [4.69, 9.17) is 0 Å². The fourth-order valence-electron chi connectivity index (χ4n) is 1.87. The number of nitrogens with zero attached hydrogens (tertiary/aromatic N) is 1. The summed E-state index contributed by atoms with van der Waals surface area (Å²) in [4.78, 5) is 13.8. The van der Waals surface area contributed by atoms with Crippen molar-refractivity contribution in [3.8, 4) is 0 Å². The van der Waals surface area contributed by atoms with E-state index in [1.807, 2.05) is 11.8 Å². The monoisotopic (exact) mass is 236 g/mol. The third-order valence-corrected chi connectivity index (χ3v) is 2.94. The van der Waals surface area contributed by atoms with Gasteiger partial charge >= 0.3 is 0 Å². The zero-order chi connectivity index (χ0) is 12.3. The number of halogens is 1. The molecule has 2 rings (SSSR count). The highest BCUT2D eigenvalue weighted by molar-refractivity contribution is 5.81. The minimum Gasteiger partial charge on any atom is -0.376 e. The van der Waals surface area contributed by atoms with E-state index in [1.54, 1.807) is 12.1 Å². The number of likely N-dealkylation sites (N-methyl/N-ethyl adjacent to an activating group) is 1. The Balaban J connectivity index is 1.84. The standard InChI is InChI=1S/C13H17FN2O/c1-2-16(12-7-8-12)13(17)9-15-11-5-3-10(14)4-6-11/h3-6,12,15H,2,7-9H2,1H3. The minimum absolute atomic E-state index is 0.110. The number of anilines is 1. The van der Waals surface area contributed by atoms with E-state index in [0.717, 1.165) is 25.1 Å². The highest BCUT2D eigenvalue weighted by Gasteiger charge is 2.30. The van der Waals surface area contributed by atoms with Crippen LogP contribution in [-0.4, -0.2) is 29.9 Å². The molecule has 0 radical (unpaired) electrons. The Morgan fingerprint density at radius 3 is 2.59 bits per heavy atom. The predicted molar refractivity (Wildman–Crippen MR) is 65.3 cm³/mol. The van der Waals surface area contributed by atoms with Gasteiger partial charge in [0, 0.05) is 18.3 Å². The van der Waals surface area contributed by atoms with Crippen molar-refractivity contribution >= 4 is 11.6 Å². The van der Waals surface area contributed by atoms with Gasteiger partial charge in [0.05, 0.1) is 6.54 Å². The zero-order valence-corrected chi connectivity index (χ0v) is 9.95. The van der Waals surface area contributed by atoms with E-state index in [2.05, 4.69) is 5.32 Å². The smallest absolute Gasteiger partial charge is 0.242 e. The van der Waals surface area contributed by atoms with Crippen LogP contribution in [0.3, 0.4) is 0 Å². The molecular formula is C13H17FN2O. The summed E-state index contributed by atoms with van der Waals surface area (Å²) in [7, 11) is 0. The SMILES string of the molecule is CCN(C(=O)CNc1ccc(F)cc1)C1CC1. The minimum atomic E-state index is -0.268. The lowest BCUT2D eigenvalue weighted by Gasteiger charge is -2.20. The Morgan fingerprint density at radius 1 is 1.41 bits per heavy atom. The van der Waals surface area contributed by atoms with Gasteiger partial charge in [0.2, 0.25) is 5.91 Å². The molecule has 1 aromatic carbocycles. The molecule has 1 aliphatic rings. The van der Waals surface area contributed by atoms with Gasteiger partial charge in [-0.15, -0.1) is 0 Å². The first-order valence-corrected chi connectivity index (χ1v) is 5.99. The lowest BCUT2D eigenvalue weighted by Crippen LogP contribution is -2.37. The predicted octanol–water partition coefficient (Wildman–Crippen LogP) is 2.25. The van der Waals surface area contributed by atoms with Gasteiger partial charge in [0.25, 0.3) is 0 Å². The van der Waals surface area contributed by atoms with E-state index in [-0.39, 0.29) is 18.3 Å². The van der Waals surface area contributed by atoms with Crippen molar-refractivity contribution in [2.45, 2.75) is 25.8 Å². The van der Waals surface area contributed by atoms with Crippen LogP contribution in [0.2, 0.25) is 0 Å². The molecule has 0 atom stereocenters. The summed E-state index contributed by atoms with van der Waals surface area (Å²) in [5, 5.41) is 3.01. The highest BCUT2D eigenvalue weighted by atomic mass is 19.1. The first-order valence-electron chi connectivity index (χ1n) is 5.99. The Bertz CT molecular complexity index is 387. The molecule has 1 saturated carbocycles. The molecule has 0 saturated heterocycles. The average molecular weight is 236 g/mol. The fraction of sp³-hybridized carbons (Fsp3) is 0.462. The summed E-state index contributed by atoms with van der Waals surface area (Å²) in [5.41, 5.74) is 0.770. The molecule has 1 aliphatic carbocycles. The molecule has 4 heteroatoms. The van der Waals surface area contributed by atoms with Crippen molar-refractivity contribution in [3.63, 3.8) is 0 Å². The number of amides is 1. The summed E-state index contributed by atoms with van der Waals surface area (Å²) in [6.07, 6.45) is 2.24. The molecule has 92 valence electrons. The first kappa shape index (κ1) is 11.9. The molecular weight excluding hydrogens is 219 g/mol. The van der Waals surface area contributed by atoms with Crippen LogP contribution in [0.5, 0.6) is 0 Å². The van der Waals surface area contributed by atoms with Crippen molar-refractivity contribution in [3.05, 3.63) is 30.1 Å². The summed E-state index contributed by atoms with van der Waals surface area (Å²) in [5.74, 6) is -0.158. The van der Waals surface area contributed by atoms with Crippen molar-refractivity contribution in [2.75, 3.05) is 18.4 Å². The highest BCUT2D eigenvalue weighted by Crippen LogP contribution is 2.26. The third-order valence-electron chi connectivity index (χ3n) is 2.94. The van der Waals surface area contributed by atoms with Gasteiger partial charge in [-0.3, -0.25) is 4.79 Å². The maximum absolute atomic E-state index is 12.7. The quantitative estimate of drug-likeness (QED) is 0.850. The fourth-order valence-corrected chi connectivity index (χ4v) is 1.87. The number of benzene rings is 1. The molecule has 0 spiro atoms. The summed E-state index contributed by atoms with van der Waals surface area (Å²) in [6.45, 7) is 3.03. The molecule has 1 fully saturated rings. The molecule has 0 heterocycles. The van der Waals surface area contributed by atoms with Gasteiger partial charge < -0.3 is 10.2 Å². The molecule has 0 bridgehead atoms. The second-order valence-corrected chi connectivity index (χ2v) is 4.27. The van der Waals surface area contributed by atoms with Gasteiger partial charge in [-0.05, 0) is 44.0 Å². The average Bonchev–Trinajstić information content (AvgIpc) is 3.14. The molecule has 1 amide bonds. The number of nitrogens with one attached hydrogen (secondary N) is 1. The van der Waals surface area contributed by atoms with E-state index in [9.17, 15) is 9.18 Å². The van der Waals surface area contributed by atoms with Crippen molar-refractivity contribution < 1.29 is 9.18 Å². The molecule has 3 nitrogen and oxygen atoms in total. The van der Waals surface area contributed by atoms with Crippen LogP contribution in [0.25, 0.3) is 0 Å². The van der Waals surface area contributed by atoms with Gasteiger partial charge in [-0.1, -0.05) is 0 Å². The van der Waals surface area contributed by atoms with Crippen molar-refractivity contribution in [1.29, 1.82) is 0 Å². The van der Waals surface area contributed by atoms with E-state index < -0.39 is 0 Å². The first-order chi connectivity index (χ1) is 8.20. The Kier molecular flexibility index (Phi) is 3.61. The molecule has 1 N–H and O–H groups in total. The van der Waals surface area contributed by atoms with Crippen LogP contribution in [0.15, 0.2) is 24.3 Å². The topological polar surface area (TPSA) is 32.3 Å². The molecule has 1 aromatic rings. The maximum Gasteiger partial charge on any atom is 0.242 e. The third kappa shape index (κ3) is 3.19. The molecule has 0 aliphatic heterocycles. The molecule has 17 heavy (non-hydrogen) atoms. The van der Waals surface area contributed by atoms with Gasteiger partial charge in [-0.25, -0.2) is 4.39 Å². The Hall–Kier alpha value is -1.58. The second-order valence-electron chi connectivity index (χ2n) is 4.27. The number of carbonyl (C=O) groups excluding carboxylic acids is 1. The molecule has 0 unspecified atom stereocenters. The van der Waals surface area contributed by atoms with Crippen LogP contribution in [0, 0.1) is 5.82 Å². The van der Waals surface area contributed by atoms with Gasteiger partial charge in [0.1, 0.15) is 5.82 Å². The van der Waals surface area contributed by atoms with E-state index >= 15 is 0 Å². The van der Waals surface area contributed by atoms with E-state index in [0.29, 0.717) is 6.04 Å². The van der Waals surface area contributed by atoms with Crippen LogP contribution in [0.1, 0.15) is 19.8 Å². The zero-order valence-electron chi connectivity index (χ0n) is 9.95. The lowest BCUT2D eigenvalue weighted by molar-refractivity contribution is -0.129. The summed E-state index contributed by atoms with van der Waals surface area (Å²) in [6, 6.07) is 6.48. The van der Waals surface area contributed by atoms with Crippen LogP contribution in [-0.2, 0) is 4.79 Å². The summed E-state index contributed by atoms with van der Waals surface area (Å²) >= 11 is 0. The Morgan fingerprint density at radius 2 is 2.06 bits per heavy atom. The van der Waals surface area contributed by atoms with Crippen molar-refractivity contribution in [1.82, 2.24) is 4.90 Å². The number of hydrogen-bond donors (Lipinski definition) is 1. The lowest BCUT2D eigenvalue weighted by atomic mass is 10.3. The number of carbonyl (C=O) groups is 1. The van der Waals surface area contributed by atoms with Crippen LogP contribution in [0.4, 0.5) is 10.1 Å². The van der Waals surface area contributed by atoms with Crippen LogP contribution < -0.4 is 5.32 Å². The largest absolute Gasteiger partial charge is 0.376 e. The van der Waals surface area contributed by atoms with Gasteiger partial charge in [-0.2, -0.15) is 0 Å². The van der Waals surface area contributed by atoms with E-state index in [1.165, 1.54) is 12.1 Å². The Labute approximate surface area is 101 Å². The maximum atomic E-state index is 12.7. The normalized spacial score (nSPS) is 14.5. The van der Waals surface area contributed by atoms with Gasteiger partial charge in [0.15, 0.2) is 0 Å². The van der Waals surface area contributed by atoms with Crippen molar-refractivity contribution in [2.24, 2.45) is 0 Å². The number of hydrogen-bond acceptors (Lipinski definition) is 2. The second kappa shape index (κ2) is 5.17. The summed E-state index contributed by atoms with van der Waals surface area (Å²) < 4.78 is 12.7.